The van der Waals surface area contributed by atoms with Gasteiger partial charge in [0.2, 0.25) is 0 Å². The van der Waals surface area contributed by atoms with Crippen molar-refractivity contribution in [3.05, 3.63) is 63.7 Å². The van der Waals surface area contributed by atoms with Crippen LogP contribution >= 0.6 is 11.6 Å². The van der Waals surface area contributed by atoms with E-state index in [1.54, 1.807) is 12.1 Å². The Morgan fingerprint density at radius 3 is 2.46 bits per heavy atom. The number of carbonyl (C=O) groups is 2. The van der Waals surface area contributed by atoms with Crippen molar-refractivity contribution in [2.75, 3.05) is 18.0 Å². The molecule has 2 aromatic rings. The van der Waals surface area contributed by atoms with Gasteiger partial charge in [0.25, 0.3) is 11.8 Å². The second kappa shape index (κ2) is 5.71. The number of nitrogens with zero attached hydrogens (tertiary/aromatic N) is 1. The van der Waals surface area contributed by atoms with Gasteiger partial charge in [-0.05, 0) is 54.2 Å². The third kappa shape index (κ3) is 2.22. The molecular formula is C21H17ClN2O2. The van der Waals surface area contributed by atoms with E-state index in [1.807, 2.05) is 12.1 Å². The van der Waals surface area contributed by atoms with Gasteiger partial charge in [-0.25, -0.2) is 0 Å². The summed E-state index contributed by atoms with van der Waals surface area (Å²) < 4.78 is 0. The maximum absolute atomic E-state index is 12.6. The minimum atomic E-state index is -0.381. The van der Waals surface area contributed by atoms with Crippen LogP contribution in [0.2, 0.25) is 5.02 Å². The third-order valence-corrected chi connectivity index (χ3v) is 5.80. The number of carbonyl (C=O) groups excluding carboxylic acids is 2. The van der Waals surface area contributed by atoms with E-state index in [0.29, 0.717) is 21.7 Å². The summed E-state index contributed by atoms with van der Waals surface area (Å²) in [5.41, 5.74) is 6.12. The molecule has 2 aromatic carbocycles. The molecule has 130 valence electrons. The van der Waals surface area contributed by atoms with Gasteiger partial charge in [-0.1, -0.05) is 29.8 Å². The monoisotopic (exact) mass is 364 g/mol. The molecule has 1 N–H and O–H groups in total. The van der Waals surface area contributed by atoms with E-state index >= 15 is 0 Å². The van der Waals surface area contributed by atoms with Crippen molar-refractivity contribution >= 4 is 40.2 Å². The molecule has 4 nitrogen and oxygen atoms in total. The van der Waals surface area contributed by atoms with Gasteiger partial charge in [0.05, 0.1) is 11.1 Å². The zero-order chi connectivity index (χ0) is 17.8. The molecule has 5 rings (SSSR count). The highest BCUT2D eigenvalue weighted by Crippen LogP contribution is 2.41. The fourth-order valence-electron chi connectivity index (χ4n) is 4.39. The van der Waals surface area contributed by atoms with Crippen LogP contribution in [0.3, 0.4) is 0 Å². The molecule has 0 saturated carbocycles. The Hall–Kier alpha value is -2.59. The maximum Gasteiger partial charge on any atom is 0.259 e. The molecule has 3 heterocycles. The highest BCUT2D eigenvalue weighted by Gasteiger charge is 2.35. The molecule has 0 bridgehead atoms. The molecule has 2 amide bonds. The molecule has 0 fully saturated rings. The topological polar surface area (TPSA) is 49.4 Å². The van der Waals surface area contributed by atoms with Gasteiger partial charge in [0, 0.05) is 29.4 Å². The largest absolute Gasteiger partial charge is 0.371 e. The summed E-state index contributed by atoms with van der Waals surface area (Å²) in [6, 6.07) is 11.3. The number of hydrogen-bond donors (Lipinski definition) is 1. The molecule has 26 heavy (non-hydrogen) atoms. The second-order valence-electron chi connectivity index (χ2n) is 7.00. The molecule has 0 atom stereocenters. The Balaban J connectivity index is 1.74. The molecule has 3 aliphatic heterocycles. The molecule has 0 spiro atoms. The Kier molecular flexibility index (Phi) is 3.44. The summed E-state index contributed by atoms with van der Waals surface area (Å²) in [4.78, 5) is 27.6. The van der Waals surface area contributed by atoms with Gasteiger partial charge in [-0.15, -0.1) is 0 Å². The first-order valence-electron chi connectivity index (χ1n) is 8.89. The average Bonchev–Trinajstić information content (AvgIpc) is 3.17. The molecule has 0 unspecified atom stereocenters. The number of rotatable bonds is 2. The van der Waals surface area contributed by atoms with Gasteiger partial charge in [-0.3, -0.25) is 14.9 Å². The first-order chi connectivity index (χ1) is 12.6. The smallest absolute Gasteiger partial charge is 0.259 e. The minimum Gasteiger partial charge on any atom is -0.371 e. The number of nitrogens with one attached hydrogen (secondary N) is 1. The number of hydrogen-bond acceptors (Lipinski definition) is 3. The number of amides is 2. The van der Waals surface area contributed by atoms with Crippen molar-refractivity contribution in [3.8, 4) is 0 Å². The van der Waals surface area contributed by atoms with Crippen molar-refractivity contribution in [2.24, 2.45) is 0 Å². The van der Waals surface area contributed by atoms with Crippen molar-refractivity contribution in [1.29, 1.82) is 0 Å². The fourth-order valence-corrected chi connectivity index (χ4v) is 4.62. The van der Waals surface area contributed by atoms with Gasteiger partial charge < -0.3 is 4.90 Å². The number of imide groups is 1. The van der Waals surface area contributed by atoms with Crippen molar-refractivity contribution in [2.45, 2.75) is 19.3 Å². The van der Waals surface area contributed by atoms with Gasteiger partial charge in [0.1, 0.15) is 0 Å². The van der Waals surface area contributed by atoms with Crippen molar-refractivity contribution in [1.82, 2.24) is 5.32 Å². The molecule has 0 aliphatic carbocycles. The summed E-state index contributed by atoms with van der Waals surface area (Å²) in [5, 5.41) is 2.92. The summed E-state index contributed by atoms with van der Waals surface area (Å²) in [6.45, 7) is 2.14. The number of halogens is 1. The van der Waals surface area contributed by atoms with E-state index in [4.69, 9.17) is 11.6 Å². The van der Waals surface area contributed by atoms with Crippen LogP contribution in [0, 0.1) is 0 Å². The van der Waals surface area contributed by atoms with Crippen molar-refractivity contribution in [3.63, 3.8) is 0 Å². The quantitative estimate of drug-likeness (QED) is 0.832. The van der Waals surface area contributed by atoms with Crippen LogP contribution in [0.1, 0.15) is 28.7 Å². The van der Waals surface area contributed by atoms with Gasteiger partial charge >= 0.3 is 0 Å². The van der Waals surface area contributed by atoms with Gasteiger partial charge in [0.15, 0.2) is 0 Å². The Bertz CT molecular complexity index is 1010. The van der Waals surface area contributed by atoms with Crippen molar-refractivity contribution < 1.29 is 9.59 Å². The lowest BCUT2D eigenvalue weighted by molar-refractivity contribution is -0.122. The SMILES string of the molecule is O=C1NC(=O)C(c2ccccc2Cl)=C1c1cc2c3c(c1)CCN3CCC2. The van der Waals surface area contributed by atoms with Crippen LogP contribution in [0.4, 0.5) is 5.69 Å². The van der Waals surface area contributed by atoms with Gasteiger partial charge in [-0.2, -0.15) is 0 Å². The highest BCUT2D eigenvalue weighted by atomic mass is 35.5. The van der Waals surface area contributed by atoms with E-state index in [-0.39, 0.29) is 11.8 Å². The van der Waals surface area contributed by atoms with E-state index in [1.165, 1.54) is 16.8 Å². The standard InChI is InChI=1S/C21H17ClN2O2/c22-16-6-2-1-5-15(16)18-17(20(25)23-21(18)26)14-10-12-4-3-8-24-9-7-13(11-14)19(12)24/h1-2,5-6,10-11H,3-4,7-9H2,(H,23,25,26). The summed E-state index contributed by atoms with van der Waals surface area (Å²) in [7, 11) is 0. The van der Waals surface area contributed by atoms with E-state index in [0.717, 1.165) is 37.9 Å². The van der Waals surface area contributed by atoms with E-state index < -0.39 is 0 Å². The van der Waals surface area contributed by atoms with E-state index in [2.05, 4.69) is 22.3 Å². The summed E-state index contributed by atoms with van der Waals surface area (Å²) >= 11 is 6.32. The Labute approximate surface area is 156 Å². The number of anilines is 1. The minimum absolute atomic E-state index is 0.345. The predicted molar refractivity (Wildman–Crippen MR) is 102 cm³/mol. The molecule has 5 heteroatoms. The molecule has 3 aliphatic rings. The van der Waals surface area contributed by atoms with Crippen LogP contribution in [-0.4, -0.2) is 24.9 Å². The predicted octanol–water partition coefficient (Wildman–Crippen LogP) is 3.22. The maximum atomic E-state index is 12.6. The first kappa shape index (κ1) is 15.6. The molecule has 0 aromatic heterocycles. The summed E-state index contributed by atoms with van der Waals surface area (Å²) in [6.07, 6.45) is 3.12. The molecular weight excluding hydrogens is 348 g/mol. The zero-order valence-corrected chi connectivity index (χ0v) is 14.9. The van der Waals surface area contributed by atoms with Crippen LogP contribution in [-0.2, 0) is 22.4 Å². The molecule has 0 radical (unpaired) electrons. The van der Waals surface area contributed by atoms with Crippen LogP contribution in [0.15, 0.2) is 36.4 Å². The van der Waals surface area contributed by atoms with Crippen LogP contribution in [0.25, 0.3) is 11.1 Å². The Morgan fingerprint density at radius 2 is 1.65 bits per heavy atom. The highest BCUT2D eigenvalue weighted by molar-refractivity contribution is 6.50. The lowest BCUT2D eigenvalue weighted by Gasteiger charge is -2.27. The molecule has 0 saturated heterocycles. The lowest BCUT2D eigenvalue weighted by Crippen LogP contribution is -2.26. The number of aryl methyl sites for hydroxylation is 1. The van der Waals surface area contributed by atoms with E-state index in [9.17, 15) is 9.59 Å². The van der Waals surface area contributed by atoms with Crippen LogP contribution in [0.5, 0.6) is 0 Å². The average molecular weight is 365 g/mol. The second-order valence-corrected chi connectivity index (χ2v) is 7.40. The normalized spacial score (nSPS) is 18.4. The fraction of sp³-hybridized carbons (Fsp3) is 0.238. The lowest BCUT2D eigenvalue weighted by atomic mass is 9.91. The van der Waals surface area contributed by atoms with Crippen LogP contribution < -0.4 is 10.2 Å². The Morgan fingerprint density at radius 1 is 0.923 bits per heavy atom. The number of benzene rings is 2. The zero-order valence-electron chi connectivity index (χ0n) is 14.1. The summed E-state index contributed by atoms with van der Waals surface area (Å²) in [5.74, 6) is -0.725. The first-order valence-corrected chi connectivity index (χ1v) is 9.27. The third-order valence-electron chi connectivity index (χ3n) is 5.47.